The molecule has 2 bridgehead atoms. The molecule has 2 unspecified atom stereocenters. The molecule has 13 heteroatoms. The van der Waals surface area contributed by atoms with Crippen LogP contribution in [0.3, 0.4) is 0 Å². The Morgan fingerprint density at radius 3 is 2.78 bits per heavy atom. The molecular weight excluding hydrogens is 610 g/mol. The van der Waals surface area contributed by atoms with Gasteiger partial charge in [0.15, 0.2) is 5.82 Å². The van der Waals surface area contributed by atoms with Gasteiger partial charge in [-0.1, -0.05) is 0 Å². The summed E-state index contributed by atoms with van der Waals surface area (Å²) in [7, 11) is 2.14. The van der Waals surface area contributed by atoms with Crippen LogP contribution in [0.4, 0.5) is 19.6 Å². The van der Waals surface area contributed by atoms with Crippen molar-refractivity contribution >= 4 is 43.1 Å². The molecule has 0 radical (unpaired) electrons. The summed E-state index contributed by atoms with van der Waals surface area (Å²) in [6.07, 6.45) is 5.03. The van der Waals surface area contributed by atoms with Crippen LogP contribution in [0.25, 0.3) is 32.2 Å². The number of alkyl halides is 1. The monoisotopic (exact) mass is 644 g/mol. The Morgan fingerprint density at radius 1 is 1.17 bits per heavy atom. The fraction of sp³-hybridized carbons (Fsp3) is 0.515. The number of nitriles is 1. The molecule has 0 amide bonds. The number of halogens is 2. The van der Waals surface area contributed by atoms with Crippen molar-refractivity contribution in [2.75, 3.05) is 50.5 Å². The van der Waals surface area contributed by atoms with E-state index < -0.39 is 17.5 Å². The van der Waals surface area contributed by atoms with Crippen LogP contribution in [0, 0.1) is 17.1 Å². The summed E-state index contributed by atoms with van der Waals surface area (Å²) in [5, 5.41) is 11.5. The topological polar surface area (TPSA) is 117 Å². The first-order chi connectivity index (χ1) is 22.3. The van der Waals surface area contributed by atoms with Crippen molar-refractivity contribution in [1.29, 1.82) is 5.26 Å². The molecule has 2 N–H and O–H groups in total. The summed E-state index contributed by atoms with van der Waals surface area (Å²) in [4.78, 5) is 21.3. The van der Waals surface area contributed by atoms with Crippen molar-refractivity contribution in [3.63, 3.8) is 0 Å². The number of hydrogen-bond acceptors (Lipinski definition) is 11. The number of nitrogen functional groups attached to an aromatic ring is 1. The minimum atomic E-state index is -0.889. The van der Waals surface area contributed by atoms with Gasteiger partial charge in [0.25, 0.3) is 0 Å². The van der Waals surface area contributed by atoms with Crippen LogP contribution in [0.15, 0.2) is 12.3 Å². The molecule has 1 aromatic carbocycles. The van der Waals surface area contributed by atoms with E-state index in [1.807, 2.05) is 0 Å². The minimum absolute atomic E-state index is 0.0942. The van der Waals surface area contributed by atoms with E-state index in [1.54, 1.807) is 12.3 Å². The van der Waals surface area contributed by atoms with Crippen LogP contribution in [0.1, 0.15) is 48.8 Å². The van der Waals surface area contributed by atoms with Crippen LogP contribution in [-0.4, -0.2) is 88.4 Å². The lowest BCUT2D eigenvalue weighted by Gasteiger charge is -2.41. The van der Waals surface area contributed by atoms with Gasteiger partial charge in [0, 0.05) is 60.0 Å². The van der Waals surface area contributed by atoms with E-state index in [2.05, 4.69) is 32.8 Å². The zero-order valence-electron chi connectivity index (χ0n) is 25.6. The Kier molecular flexibility index (Phi) is 6.45. The molecular formula is C33H34F2N8O2S. The highest BCUT2D eigenvalue weighted by Gasteiger charge is 2.50. The number of aromatic nitrogens is 3. The van der Waals surface area contributed by atoms with Gasteiger partial charge in [-0.3, -0.25) is 9.88 Å². The molecule has 238 valence electrons. The molecule has 5 aliphatic rings. The molecule has 46 heavy (non-hydrogen) atoms. The number of fused-ring (bicyclic) bond motifs is 7. The fourth-order valence-corrected chi connectivity index (χ4v) is 9.88. The molecule has 8 heterocycles. The van der Waals surface area contributed by atoms with Gasteiger partial charge in [-0.2, -0.15) is 15.2 Å². The number of nitrogens with two attached hydrogens (primary N) is 1. The molecule has 0 aliphatic carbocycles. The average molecular weight is 645 g/mol. The zero-order chi connectivity index (χ0) is 31.3. The maximum Gasteiger partial charge on any atom is 0.319 e. The van der Waals surface area contributed by atoms with Crippen molar-refractivity contribution in [3.8, 4) is 23.3 Å². The first-order valence-corrected chi connectivity index (χ1v) is 16.9. The number of anilines is 2. The van der Waals surface area contributed by atoms with E-state index in [0.29, 0.717) is 51.4 Å². The summed E-state index contributed by atoms with van der Waals surface area (Å²) in [6.45, 7) is 3.76. The highest BCUT2D eigenvalue weighted by Crippen LogP contribution is 2.48. The van der Waals surface area contributed by atoms with E-state index in [0.717, 1.165) is 55.6 Å². The molecule has 3 aromatic heterocycles. The molecule has 4 fully saturated rings. The van der Waals surface area contributed by atoms with E-state index in [1.165, 1.54) is 11.3 Å². The number of nitrogens with zero attached hydrogens (tertiary/aromatic N) is 7. The van der Waals surface area contributed by atoms with Crippen LogP contribution in [-0.2, 0) is 18.0 Å². The van der Waals surface area contributed by atoms with Gasteiger partial charge in [0.1, 0.15) is 35.2 Å². The van der Waals surface area contributed by atoms with Gasteiger partial charge in [0.05, 0.1) is 35.4 Å². The normalized spacial score (nSPS) is 27.5. The Hall–Kier alpha value is -3.70. The van der Waals surface area contributed by atoms with Gasteiger partial charge in [-0.25, -0.2) is 8.78 Å². The second-order valence-electron chi connectivity index (χ2n) is 13.6. The van der Waals surface area contributed by atoms with E-state index in [4.69, 9.17) is 25.2 Å². The molecule has 4 aromatic rings. The predicted molar refractivity (Wildman–Crippen MR) is 171 cm³/mol. The number of piperazine rings is 1. The van der Waals surface area contributed by atoms with Gasteiger partial charge >= 0.3 is 6.01 Å². The van der Waals surface area contributed by atoms with E-state index >= 15 is 4.39 Å². The maximum atomic E-state index is 17.3. The van der Waals surface area contributed by atoms with Crippen LogP contribution in [0.2, 0.25) is 0 Å². The van der Waals surface area contributed by atoms with Crippen molar-refractivity contribution in [2.24, 2.45) is 0 Å². The lowest BCUT2D eigenvalue weighted by Crippen LogP contribution is -2.53. The Labute approximate surface area is 268 Å². The third kappa shape index (κ3) is 4.09. The summed E-state index contributed by atoms with van der Waals surface area (Å²) in [6, 6.07) is 4.54. The number of rotatable bonds is 5. The SMILES string of the molecule is CN1CC2CCC(C1)N2c1nc(OC[C@@]23CCCN2C[C@H](F)C3)nc2c(F)c(-c3nccc4sc(N)c(C#N)c34)c3c(c12)COC3. The third-order valence-corrected chi connectivity index (χ3v) is 11.9. The minimum Gasteiger partial charge on any atom is -0.461 e. The van der Waals surface area contributed by atoms with Gasteiger partial charge in [-0.15, -0.1) is 11.3 Å². The summed E-state index contributed by atoms with van der Waals surface area (Å²) in [5.74, 6) is 0.125. The van der Waals surface area contributed by atoms with Crippen molar-refractivity contribution in [3.05, 3.63) is 34.8 Å². The van der Waals surface area contributed by atoms with Crippen molar-refractivity contribution in [1.82, 2.24) is 24.8 Å². The first kappa shape index (κ1) is 28.5. The van der Waals surface area contributed by atoms with Crippen LogP contribution in [0.5, 0.6) is 6.01 Å². The van der Waals surface area contributed by atoms with E-state index in [9.17, 15) is 9.65 Å². The highest BCUT2D eigenvalue weighted by molar-refractivity contribution is 7.23. The average Bonchev–Trinajstić information content (AvgIpc) is 3.83. The second-order valence-corrected chi connectivity index (χ2v) is 14.6. The quantitative estimate of drug-likeness (QED) is 0.326. The number of thiophene rings is 1. The fourth-order valence-electron chi connectivity index (χ4n) is 8.96. The molecule has 5 aliphatic heterocycles. The smallest absolute Gasteiger partial charge is 0.319 e. The van der Waals surface area contributed by atoms with E-state index in [-0.39, 0.29) is 49.0 Å². The zero-order valence-corrected chi connectivity index (χ0v) is 26.4. The molecule has 0 spiro atoms. The van der Waals surface area contributed by atoms with Crippen LogP contribution < -0.4 is 15.4 Å². The standard InChI is InChI=1S/C33H34F2N8O2S/c1-41-12-18-3-4-19(13-41)43(18)31-26-22-15-44-14-21(22)25(28-24-20(10-36)30(37)46-23(24)5-7-38-28)27(35)29(26)39-32(40-31)45-16-33-6-2-8-42(33)11-17(34)9-33/h5,7,17-19H,2-4,6,8-9,11-16,37H2,1H3/t17-,18?,19?,33+/m1/s1. The van der Waals surface area contributed by atoms with Crippen molar-refractivity contribution < 1.29 is 18.3 Å². The first-order valence-electron chi connectivity index (χ1n) is 16.0. The number of likely N-dealkylation sites (tertiary alicyclic amines) is 1. The molecule has 4 saturated heterocycles. The molecule has 10 nitrogen and oxygen atoms in total. The number of pyridine rings is 1. The predicted octanol–water partition coefficient (Wildman–Crippen LogP) is 4.77. The molecule has 9 rings (SSSR count). The maximum absolute atomic E-state index is 17.3. The highest BCUT2D eigenvalue weighted by atomic mass is 32.1. The third-order valence-electron chi connectivity index (χ3n) is 10.9. The molecule has 4 atom stereocenters. The van der Waals surface area contributed by atoms with Crippen LogP contribution >= 0.6 is 11.3 Å². The number of hydrogen-bond donors (Lipinski definition) is 1. The number of ether oxygens (including phenoxy) is 2. The summed E-state index contributed by atoms with van der Waals surface area (Å²) in [5.41, 5.74) is 8.42. The lowest BCUT2D eigenvalue weighted by atomic mass is 9.93. The Morgan fingerprint density at radius 2 is 1.98 bits per heavy atom. The lowest BCUT2D eigenvalue weighted by molar-refractivity contribution is 0.107. The summed E-state index contributed by atoms with van der Waals surface area (Å²) < 4.78 is 45.1. The van der Waals surface area contributed by atoms with Crippen molar-refractivity contribution in [2.45, 2.75) is 69.1 Å². The van der Waals surface area contributed by atoms with Gasteiger partial charge in [-0.05, 0) is 56.5 Å². The Balaban J connectivity index is 1.26. The summed E-state index contributed by atoms with van der Waals surface area (Å²) >= 11 is 1.29. The molecule has 0 saturated carbocycles. The number of benzene rings is 1. The second kappa shape index (κ2) is 10.4. The largest absolute Gasteiger partial charge is 0.461 e. The van der Waals surface area contributed by atoms with Gasteiger partial charge in [0.2, 0.25) is 0 Å². The Bertz CT molecular complexity index is 1950. The number of likely N-dealkylation sites (N-methyl/N-ethyl adjacent to an activating group) is 1. The van der Waals surface area contributed by atoms with Gasteiger partial charge < -0.3 is 25.0 Å².